The summed E-state index contributed by atoms with van der Waals surface area (Å²) in [7, 11) is 0. The number of halogens is 1. The van der Waals surface area contributed by atoms with Gasteiger partial charge in [0.2, 0.25) is 0 Å². The first-order valence-electron chi connectivity index (χ1n) is 6.45. The van der Waals surface area contributed by atoms with Gasteiger partial charge in [-0.2, -0.15) is 0 Å². The molecule has 1 aliphatic rings. The number of rotatable bonds is 3. The molecule has 1 amide bonds. The van der Waals surface area contributed by atoms with Crippen LogP contribution in [0.15, 0.2) is 42.5 Å². The fourth-order valence-electron chi connectivity index (χ4n) is 2.36. The number of amides is 1. The normalized spacial score (nSPS) is 13.4. The van der Waals surface area contributed by atoms with Crippen LogP contribution in [0.25, 0.3) is 0 Å². The Balaban J connectivity index is 1.93. The number of carboxylic acid groups (broad SMARTS) is 1. The maximum absolute atomic E-state index is 13.4. The molecule has 2 aromatic carbocycles. The third kappa shape index (κ3) is 2.24. The van der Waals surface area contributed by atoms with Crippen LogP contribution in [-0.4, -0.2) is 22.8 Å². The fourth-order valence-corrected chi connectivity index (χ4v) is 2.36. The van der Waals surface area contributed by atoms with E-state index in [4.69, 9.17) is 5.11 Å². The van der Waals surface area contributed by atoms with Gasteiger partial charge in [0.05, 0.1) is 23.4 Å². The van der Waals surface area contributed by atoms with Gasteiger partial charge in [-0.3, -0.25) is 9.59 Å². The summed E-state index contributed by atoms with van der Waals surface area (Å²) in [5, 5.41) is 8.85. The number of Topliss-reactive ketones (excluding diaryl/α,β-unsaturated/α-hetero) is 1. The Kier molecular flexibility index (Phi) is 3.21. The monoisotopic (exact) mass is 299 g/mol. The quantitative estimate of drug-likeness (QED) is 0.882. The van der Waals surface area contributed by atoms with E-state index in [9.17, 15) is 18.8 Å². The van der Waals surface area contributed by atoms with Crippen LogP contribution >= 0.6 is 0 Å². The molecule has 0 saturated carbocycles. The van der Waals surface area contributed by atoms with Crippen LogP contribution in [0.1, 0.15) is 26.3 Å². The number of benzene rings is 2. The highest BCUT2D eigenvalue weighted by molar-refractivity contribution is 6.52. The molecule has 1 N–H and O–H groups in total. The predicted molar refractivity (Wildman–Crippen MR) is 75.3 cm³/mol. The minimum Gasteiger partial charge on any atom is -0.478 e. The Morgan fingerprint density at radius 2 is 1.77 bits per heavy atom. The highest BCUT2D eigenvalue weighted by Gasteiger charge is 2.35. The minimum atomic E-state index is -1.05. The van der Waals surface area contributed by atoms with Crippen molar-refractivity contribution >= 4 is 23.3 Å². The Hall–Kier alpha value is -3.02. The first kappa shape index (κ1) is 13.9. The zero-order valence-corrected chi connectivity index (χ0v) is 11.2. The number of nitrogens with zero attached hydrogens (tertiary/aromatic N) is 1. The number of aromatic carboxylic acids is 1. The average Bonchev–Trinajstić information content (AvgIpc) is 2.72. The average molecular weight is 299 g/mol. The fraction of sp³-hybridized carbons (Fsp3) is 0.0625. The van der Waals surface area contributed by atoms with Crippen LogP contribution in [-0.2, 0) is 11.3 Å². The molecular formula is C16H10FNO4. The summed E-state index contributed by atoms with van der Waals surface area (Å²) >= 11 is 0. The molecule has 0 bridgehead atoms. The summed E-state index contributed by atoms with van der Waals surface area (Å²) in [6.45, 7) is 0.0704. The molecule has 0 fully saturated rings. The Morgan fingerprint density at radius 3 is 2.41 bits per heavy atom. The van der Waals surface area contributed by atoms with Gasteiger partial charge in [-0.1, -0.05) is 12.1 Å². The summed E-state index contributed by atoms with van der Waals surface area (Å²) in [6.07, 6.45) is 0. The number of carboxylic acids is 1. The van der Waals surface area contributed by atoms with Crippen molar-refractivity contribution in [1.82, 2.24) is 0 Å². The van der Waals surface area contributed by atoms with Crippen LogP contribution in [0.2, 0.25) is 0 Å². The van der Waals surface area contributed by atoms with Crippen LogP contribution in [0.5, 0.6) is 0 Å². The predicted octanol–water partition coefficient (Wildman–Crippen LogP) is 2.25. The van der Waals surface area contributed by atoms with E-state index < -0.39 is 23.5 Å². The van der Waals surface area contributed by atoms with Gasteiger partial charge >= 0.3 is 5.97 Å². The Morgan fingerprint density at radius 1 is 1.09 bits per heavy atom. The van der Waals surface area contributed by atoms with E-state index in [0.29, 0.717) is 5.56 Å². The minimum absolute atomic E-state index is 0.0704. The first-order valence-corrected chi connectivity index (χ1v) is 6.45. The molecular weight excluding hydrogens is 289 g/mol. The number of anilines is 1. The van der Waals surface area contributed by atoms with Crippen LogP contribution in [0, 0.1) is 5.82 Å². The first-order chi connectivity index (χ1) is 10.5. The molecule has 6 heteroatoms. The van der Waals surface area contributed by atoms with Crippen molar-refractivity contribution in [3.8, 4) is 0 Å². The highest BCUT2D eigenvalue weighted by atomic mass is 19.1. The molecule has 0 radical (unpaired) electrons. The maximum Gasteiger partial charge on any atom is 0.335 e. The number of ketones is 1. The second kappa shape index (κ2) is 5.07. The summed E-state index contributed by atoms with van der Waals surface area (Å²) in [6, 6.07) is 9.49. The largest absolute Gasteiger partial charge is 0.478 e. The number of carbonyl (C=O) groups excluding carboxylic acids is 2. The second-order valence-electron chi connectivity index (χ2n) is 4.88. The number of hydrogen-bond donors (Lipinski definition) is 1. The molecule has 0 aromatic heterocycles. The smallest absolute Gasteiger partial charge is 0.335 e. The summed E-state index contributed by atoms with van der Waals surface area (Å²) in [5.41, 5.74) is 1.17. The SMILES string of the molecule is O=C(O)c1ccc(CN2C(=O)C(=O)c3ccc(F)cc32)cc1. The molecule has 3 rings (SSSR count). The zero-order valence-electron chi connectivity index (χ0n) is 11.2. The van der Waals surface area contributed by atoms with Crippen molar-refractivity contribution in [3.05, 3.63) is 65.0 Å². The molecule has 1 heterocycles. The van der Waals surface area contributed by atoms with E-state index in [1.807, 2.05) is 0 Å². The topological polar surface area (TPSA) is 74.7 Å². The number of carbonyl (C=O) groups is 3. The van der Waals surface area contributed by atoms with Gasteiger partial charge in [0.15, 0.2) is 0 Å². The molecule has 0 aliphatic carbocycles. The van der Waals surface area contributed by atoms with Crippen molar-refractivity contribution in [2.75, 3.05) is 4.90 Å². The van der Waals surface area contributed by atoms with Gasteiger partial charge in [-0.25, -0.2) is 9.18 Å². The molecule has 0 atom stereocenters. The van der Waals surface area contributed by atoms with Gasteiger partial charge in [0.1, 0.15) is 5.82 Å². The molecule has 1 aliphatic heterocycles. The van der Waals surface area contributed by atoms with Crippen molar-refractivity contribution in [1.29, 1.82) is 0 Å². The van der Waals surface area contributed by atoms with E-state index in [1.165, 1.54) is 23.1 Å². The lowest BCUT2D eigenvalue weighted by Gasteiger charge is -2.16. The molecule has 5 nitrogen and oxygen atoms in total. The molecule has 110 valence electrons. The maximum atomic E-state index is 13.4. The molecule has 2 aromatic rings. The van der Waals surface area contributed by atoms with E-state index in [2.05, 4.69) is 0 Å². The third-order valence-electron chi connectivity index (χ3n) is 3.48. The van der Waals surface area contributed by atoms with Crippen molar-refractivity contribution < 1.29 is 23.9 Å². The zero-order chi connectivity index (χ0) is 15.9. The Labute approximate surface area is 124 Å². The molecule has 0 saturated heterocycles. The van der Waals surface area contributed by atoms with Gasteiger partial charge in [0.25, 0.3) is 11.7 Å². The van der Waals surface area contributed by atoms with Crippen molar-refractivity contribution in [3.63, 3.8) is 0 Å². The lowest BCUT2D eigenvalue weighted by atomic mass is 10.1. The number of hydrogen-bond acceptors (Lipinski definition) is 3. The Bertz CT molecular complexity index is 798. The van der Waals surface area contributed by atoms with Gasteiger partial charge in [-0.15, -0.1) is 0 Å². The van der Waals surface area contributed by atoms with Gasteiger partial charge in [-0.05, 0) is 35.9 Å². The van der Waals surface area contributed by atoms with Crippen molar-refractivity contribution in [2.45, 2.75) is 6.54 Å². The van der Waals surface area contributed by atoms with E-state index >= 15 is 0 Å². The van der Waals surface area contributed by atoms with E-state index in [1.54, 1.807) is 12.1 Å². The third-order valence-corrected chi connectivity index (χ3v) is 3.48. The second-order valence-corrected chi connectivity index (χ2v) is 4.88. The van der Waals surface area contributed by atoms with E-state index in [0.717, 1.165) is 12.1 Å². The lowest BCUT2D eigenvalue weighted by molar-refractivity contribution is -0.114. The van der Waals surface area contributed by atoms with Gasteiger partial charge in [0, 0.05) is 0 Å². The van der Waals surface area contributed by atoms with E-state index in [-0.39, 0.29) is 23.4 Å². The van der Waals surface area contributed by atoms with Gasteiger partial charge < -0.3 is 10.0 Å². The lowest BCUT2D eigenvalue weighted by Crippen LogP contribution is -2.29. The number of fused-ring (bicyclic) bond motifs is 1. The summed E-state index contributed by atoms with van der Waals surface area (Å²) < 4.78 is 13.4. The molecule has 0 spiro atoms. The molecule has 22 heavy (non-hydrogen) atoms. The van der Waals surface area contributed by atoms with Crippen LogP contribution in [0.3, 0.4) is 0 Å². The van der Waals surface area contributed by atoms with Crippen LogP contribution < -0.4 is 4.90 Å². The highest BCUT2D eigenvalue weighted by Crippen LogP contribution is 2.31. The summed E-state index contributed by atoms with van der Waals surface area (Å²) in [5.74, 6) is -2.97. The standard InChI is InChI=1S/C16H10FNO4/c17-11-5-6-12-13(7-11)18(15(20)14(12)19)8-9-1-3-10(4-2-9)16(21)22/h1-7H,8H2,(H,21,22). The van der Waals surface area contributed by atoms with Crippen LogP contribution in [0.4, 0.5) is 10.1 Å². The molecule has 0 unspecified atom stereocenters. The summed E-state index contributed by atoms with van der Waals surface area (Å²) in [4.78, 5) is 35.9. The van der Waals surface area contributed by atoms with Crippen molar-refractivity contribution in [2.24, 2.45) is 0 Å².